The minimum absolute atomic E-state index is 0.945. The van der Waals surface area contributed by atoms with Crippen LogP contribution in [0.4, 0.5) is 0 Å². The number of hydrogen-bond acceptors (Lipinski definition) is 2. The minimum atomic E-state index is 0.945. The van der Waals surface area contributed by atoms with Crippen molar-refractivity contribution in [3.05, 3.63) is 47.8 Å². The summed E-state index contributed by atoms with van der Waals surface area (Å²) in [6.45, 7) is 0. The van der Waals surface area contributed by atoms with Crippen LogP contribution in [0.15, 0.2) is 36.5 Å². The molecule has 0 fully saturated rings. The van der Waals surface area contributed by atoms with Crippen LogP contribution in [0.3, 0.4) is 0 Å². The summed E-state index contributed by atoms with van der Waals surface area (Å²) in [6.07, 6.45) is 3.73. The first-order valence-corrected chi connectivity index (χ1v) is 4.34. The third kappa shape index (κ3) is 2.15. The lowest BCUT2D eigenvalue weighted by molar-refractivity contribution is 0.871. The molecule has 3 heteroatoms. The molecule has 1 heterocycles. The first kappa shape index (κ1) is 7.98. The van der Waals surface area contributed by atoms with E-state index in [2.05, 4.69) is 39.7 Å². The molecule has 0 radical (unpaired) electrons. The van der Waals surface area contributed by atoms with E-state index in [1.54, 1.807) is 6.20 Å². The van der Waals surface area contributed by atoms with Crippen LogP contribution in [0.5, 0.6) is 0 Å². The molecule has 0 bridgehead atoms. The highest BCUT2D eigenvalue weighted by Gasteiger charge is 1.96. The van der Waals surface area contributed by atoms with Gasteiger partial charge in [0.15, 0.2) is 0 Å². The molecule has 0 aliphatic carbocycles. The van der Waals surface area contributed by atoms with Gasteiger partial charge in [-0.2, -0.15) is 15.4 Å². The van der Waals surface area contributed by atoms with Crippen LogP contribution >= 0.6 is 0 Å². The van der Waals surface area contributed by atoms with Crippen molar-refractivity contribution in [2.75, 3.05) is 0 Å². The zero-order valence-corrected chi connectivity index (χ0v) is 7.27. The number of H-pyrrole nitrogens is 1. The van der Waals surface area contributed by atoms with E-state index in [1.165, 1.54) is 5.56 Å². The molecule has 66 valence electrons. The van der Waals surface area contributed by atoms with Crippen molar-refractivity contribution in [2.45, 2.75) is 12.8 Å². The lowest BCUT2D eigenvalue weighted by Gasteiger charge is -1.96. The van der Waals surface area contributed by atoms with Crippen LogP contribution in [-0.2, 0) is 12.8 Å². The zero-order chi connectivity index (χ0) is 8.93. The van der Waals surface area contributed by atoms with Gasteiger partial charge in [-0.25, -0.2) is 0 Å². The molecule has 0 saturated carbocycles. The molecule has 13 heavy (non-hydrogen) atoms. The maximum Gasteiger partial charge on any atom is 0.0828 e. The van der Waals surface area contributed by atoms with E-state index in [0.717, 1.165) is 18.5 Å². The predicted molar refractivity (Wildman–Crippen MR) is 50.2 cm³/mol. The molecule has 0 spiro atoms. The summed E-state index contributed by atoms with van der Waals surface area (Å²) in [4.78, 5) is 0. The van der Waals surface area contributed by atoms with Crippen LogP contribution in [0, 0.1) is 0 Å². The number of aryl methyl sites for hydroxylation is 2. The summed E-state index contributed by atoms with van der Waals surface area (Å²) in [5.41, 5.74) is 2.36. The quantitative estimate of drug-likeness (QED) is 0.765. The third-order valence-corrected chi connectivity index (χ3v) is 1.98. The molecule has 1 aromatic heterocycles. The van der Waals surface area contributed by atoms with Gasteiger partial charge in [-0.15, -0.1) is 0 Å². The van der Waals surface area contributed by atoms with Crippen molar-refractivity contribution in [2.24, 2.45) is 0 Å². The molecule has 2 rings (SSSR count). The molecule has 0 atom stereocenters. The Morgan fingerprint density at radius 3 is 2.62 bits per heavy atom. The number of rotatable bonds is 3. The van der Waals surface area contributed by atoms with Crippen molar-refractivity contribution >= 4 is 0 Å². The second-order valence-corrected chi connectivity index (χ2v) is 2.95. The Kier molecular flexibility index (Phi) is 2.36. The monoisotopic (exact) mass is 173 g/mol. The summed E-state index contributed by atoms with van der Waals surface area (Å²) >= 11 is 0. The molecular weight excluding hydrogens is 162 g/mol. The Balaban J connectivity index is 1.94. The SMILES string of the molecule is c1ccc(CCc2cn[nH]n2)cc1. The first-order chi connectivity index (χ1) is 6.45. The van der Waals surface area contributed by atoms with E-state index in [4.69, 9.17) is 0 Å². The molecule has 0 unspecified atom stereocenters. The fraction of sp³-hybridized carbons (Fsp3) is 0.200. The van der Waals surface area contributed by atoms with Crippen LogP contribution in [0.2, 0.25) is 0 Å². The van der Waals surface area contributed by atoms with E-state index in [0.29, 0.717) is 0 Å². The maximum absolute atomic E-state index is 4.00. The Labute approximate surface area is 76.8 Å². The average molecular weight is 173 g/mol. The Morgan fingerprint density at radius 2 is 1.92 bits per heavy atom. The van der Waals surface area contributed by atoms with Crippen molar-refractivity contribution in [3.63, 3.8) is 0 Å². The van der Waals surface area contributed by atoms with Crippen molar-refractivity contribution in [3.8, 4) is 0 Å². The van der Waals surface area contributed by atoms with E-state index >= 15 is 0 Å². The molecule has 3 nitrogen and oxygen atoms in total. The summed E-state index contributed by atoms with van der Waals surface area (Å²) in [5.74, 6) is 0. The summed E-state index contributed by atoms with van der Waals surface area (Å²) in [6, 6.07) is 10.4. The lowest BCUT2D eigenvalue weighted by Crippen LogP contribution is -1.90. The largest absolute Gasteiger partial charge is 0.198 e. The molecule has 0 aliphatic rings. The van der Waals surface area contributed by atoms with Gasteiger partial charge < -0.3 is 0 Å². The van der Waals surface area contributed by atoms with Gasteiger partial charge in [0.25, 0.3) is 0 Å². The number of aromatic amines is 1. The van der Waals surface area contributed by atoms with Gasteiger partial charge in [0.1, 0.15) is 0 Å². The molecular formula is C10H11N3. The number of nitrogens with one attached hydrogen (secondary N) is 1. The first-order valence-electron chi connectivity index (χ1n) is 4.34. The number of aromatic nitrogens is 3. The van der Waals surface area contributed by atoms with E-state index in [-0.39, 0.29) is 0 Å². The summed E-state index contributed by atoms with van der Waals surface area (Å²) in [7, 11) is 0. The van der Waals surface area contributed by atoms with Gasteiger partial charge in [-0.05, 0) is 18.4 Å². The van der Waals surface area contributed by atoms with Gasteiger partial charge in [0.2, 0.25) is 0 Å². The van der Waals surface area contributed by atoms with Gasteiger partial charge in [-0.3, -0.25) is 0 Å². The van der Waals surface area contributed by atoms with Crippen LogP contribution in [-0.4, -0.2) is 15.4 Å². The normalized spacial score (nSPS) is 10.2. The van der Waals surface area contributed by atoms with Gasteiger partial charge >= 0.3 is 0 Å². The molecule has 0 amide bonds. The highest BCUT2D eigenvalue weighted by atomic mass is 15.3. The zero-order valence-electron chi connectivity index (χ0n) is 7.27. The van der Waals surface area contributed by atoms with Crippen LogP contribution in [0.25, 0.3) is 0 Å². The second kappa shape index (κ2) is 3.85. The maximum atomic E-state index is 4.00. The summed E-state index contributed by atoms with van der Waals surface area (Å²) < 4.78 is 0. The standard InChI is InChI=1S/C10H11N3/c1-2-4-9(5-3-1)6-7-10-8-11-13-12-10/h1-5,8H,6-7H2,(H,11,12,13). The van der Waals surface area contributed by atoms with Crippen LogP contribution in [0.1, 0.15) is 11.3 Å². The van der Waals surface area contributed by atoms with E-state index in [9.17, 15) is 0 Å². The highest BCUT2D eigenvalue weighted by Crippen LogP contribution is 2.03. The molecule has 2 aromatic rings. The fourth-order valence-electron chi connectivity index (χ4n) is 1.26. The van der Waals surface area contributed by atoms with E-state index < -0.39 is 0 Å². The van der Waals surface area contributed by atoms with Gasteiger partial charge in [-0.1, -0.05) is 30.3 Å². The molecule has 1 aromatic carbocycles. The second-order valence-electron chi connectivity index (χ2n) is 2.95. The number of nitrogens with zero attached hydrogens (tertiary/aromatic N) is 2. The Morgan fingerprint density at radius 1 is 1.08 bits per heavy atom. The smallest absolute Gasteiger partial charge is 0.0828 e. The fourth-order valence-corrected chi connectivity index (χ4v) is 1.26. The van der Waals surface area contributed by atoms with Crippen molar-refractivity contribution in [1.82, 2.24) is 15.4 Å². The van der Waals surface area contributed by atoms with Gasteiger partial charge in [0.05, 0.1) is 11.9 Å². The van der Waals surface area contributed by atoms with Crippen molar-refractivity contribution < 1.29 is 0 Å². The predicted octanol–water partition coefficient (Wildman–Crippen LogP) is 1.59. The Bertz CT molecular complexity index is 340. The van der Waals surface area contributed by atoms with Gasteiger partial charge in [0, 0.05) is 0 Å². The minimum Gasteiger partial charge on any atom is -0.198 e. The third-order valence-electron chi connectivity index (χ3n) is 1.98. The number of benzene rings is 1. The highest BCUT2D eigenvalue weighted by molar-refractivity contribution is 5.15. The number of hydrogen-bond donors (Lipinski definition) is 1. The Hall–Kier alpha value is -1.64. The van der Waals surface area contributed by atoms with E-state index in [1.807, 2.05) is 6.07 Å². The molecule has 0 aliphatic heterocycles. The average Bonchev–Trinajstić information content (AvgIpc) is 2.69. The summed E-state index contributed by atoms with van der Waals surface area (Å²) in [5, 5.41) is 10.4. The molecule has 0 saturated heterocycles. The van der Waals surface area contributed by atoms with Crippen LogP contribution < -0.4 is 0 Å². The molecule has 1 N–H and O–H groups in total. The lowest BCUT2D eigenvalue weighted by atomic mass is 10.1. The van der Waals surface area contributed by atoms with Crippen molar-refractivity contribution in [1.29, 1.82) is 0 Å². The topological polar surface area (TPSA) is 41.6 Å².